The van der Waals surface area contributed by atoms with E-state index >= 15 is 0 Å². The Morgan fingerprint density at radius 3 is 2.67 bits per heavy atom. The Bertz CT molecular complexity index is 347. The number of hydrogen-bond donors (Lipinski definition) is 0. The van der Waals surface area contributed by atoms with Crippen LogP contribution >= 0.6 is 11.6 Å². The van der Waals surface area contributed by atoms with Crippen LogP contribution in [-0.4, -0.2) is 18.5 Å². The van der Waals surface area contributed by atoms with Crippen LogP contribution in [0, 0.1) is 0 Å². The Kier molecular flexibility index (Phi) is 3.27. The number of ether oxygens (including phenoxy) is 1. The first-order valence-electron chi connectivity index (χ1n) is 5.17. The van der Waals surface area contributed by atoms with Crippen molar-refractivity contribution in [1.29, 1.82) is 0 Å². The van der Waals surface area contributed by atoms with E-state index < -0.39 is 0 Å². The second-order valence-corrected chi connectivity index (χ2v) is 4.26. The fourth-order valence-corrected chi connectivity index (χ4v) is 1.82. The van der Waals surface area contributed by atoms with Crippen molar-refractivity contribution >= 4 is 18.0 Å². The van der Waals surface area contributed by atoms with Gasteiger partial charge in [-0.2, -0.15) is 0 Å². The molecule has 1 heterocycles. The summed E-state index contributed by atoms with van der Waals surface area (Å²) >= 11 is 5.82. The van der Waals surface area contributed by atoms with Gasteiger partial charge < -0.3 is 4.74 Å². The lowest BCUT2D eigenvalue weighted by Gasteiger charge is -2.11. The van der Waals surface area contributed by atoms with Crippen molar-refractivity contribution in [2.24, 2.45) is 4.99 Å². The molecule has 80 valence electrons. The molecule has 0 radical (unpaired) electrons. The summed E-state index contributed by atoms with van der Waals surface area (Å²) in [6.07, 6.45) is 3.83. The molecule has 0 amide bonds. The molecule has 1 aromatic carbocycles. The van der Waals surface area contributed by atoms with Crippen molar-refractivity contribution in [1.82, 2.24) is 0 Å². The Hall–Kier alpha value is -1.02. The SMILES string of the molecule is CC1OC=NC1CCc1ccc(Cl)cc1. The zero-order valence-electron chi connectivity index (χ0n) is 8.69. The fourth-order valence-electron chi connectivity index (χ4n) is 1.70. The highest BCUT2D eigenvalue weighted by molar-refractivity contribution is 6.30. The van der Waals surface area contributed by atoms with Gasteiger partial charge in [0.15, 0.2) is 6.40 Å². The third-order valence-corrected chi connectivity index (χ3v) is 2.96. The van der Waals surface area contributed by atoms with E-state index in [0.29, 0.717) is 6.04 Å². The molecule has 1 aromatic rings. The summed E-state index contributed by atoms with van der Waals surface area (Å²) in [6.45, 7) is 2.06. The molecule has 0 saturated heterocycles. The summed E-state index contributed by atoms with van der Waals surface area (Å²) in [5.41, 5.74) is 1.30. The number of benzene rings is 1. The number of nitrogens with zero attached hydrogens (tertiary/aromatic N) is 1. The quantitative estimate of drug-likeness (QED) is 0.772. The molecule has 1 aliphatic heterocycles. The maximum absolute atomic E-state index is 5.82. The van der Waals surface area contributed by atoms with E-state index in [1.165, 1.54) is 5.56 Å². The van der Waals surface area contributed by atoms with E-state index in [1.54, 1.807) is 6.40 Å². The third-order valence-electron chi connectivity index (χ3n) is 2.71. The summed E-state index contributed by atoms with van der Waals surface area (Å²) in [7, 11) is 0. The lowest BCUT2D eigenvalue weighted by Crippen LogP contribution is -2.18. The van der Waals surface area contributed by atoms with E-state index in [0.717, 1.165) is 17.9 Å². The van der Waals surface area contributed by atoms with Crippen LogP contribution in [0.15, 0.2) is 29.3 Å². The molecule has 0 saturated carbocycles. The van der Waals surface area contributed by atoms with E-state index in [2.05, 4.69) is 24.0 Å². The Balaban J connectivity index is 1.87. The molecule has 2 atom stereocenters. The van der Waals surface area contributed by atoms with Gasteiger partial charge in [-0.25, -0.2) is 0 Å². The van der Waals surface area contributed by atoms with Crippen molar-refractivity contribution in [2.45, 2.75) is 31.9 Å². The maximum Gasteiger partial charge on any atom is 0.170 e. The highest BCUT2D eigenvalue weighted by atomic mass is 35.5. The van der Waals surface area contributed by atoms with Crippen LogP contribution in [0.1, 0.15) is 18.9 Å². The predicted molar refractivity (Wildman–Crippen MR) is 62.6 cm³/mol. The van der Waals surface area contributed by atoms with Crippen molar-refractivity contribution in [3.8, 4) is 0 Å². The molecule has 2 nitrogen and oxygen atoms in total. The average molecular weight is 224 g/mol. The van der Waals surface area contributed by atoms with E-state index in [1.807, 2.05) is 12.1 Å². The van der Waals surface area contributed by atoms with Crippen LogP contribution in [0.5, 0.6) is 0 Å². The Morgan fingerprint density at radius 2 is 2.07 bits per heavy atom. The van der Waals surface area contributed by atoms with Gasteiger partial charge in [0.1, 0.15) is 6.10 Å². The van der Waals surface area contributed by atoms with Gasteiger partial charge in [0.2, 0.25) is 0 Å². The lowest BCUT2D eigenvalue weighted by atomic mass is 10.0. The van der Waals surface area contributed by atoms with Gasteiger partial charge in [-0.3, -0.25) is 4.99 Å². The number of aliphatic imine (C=N–C) groups is 1. The smallest absolute Gasteiger partial charge is 0.170 e. The third kappa shape index (κ3) is 2.72. The molecular formula is C12H14ClNO. The Morgan fingerprint density at radius 1 is 1.33 bits per heavy atom. The minimum Gasteiger partial charge on any atom is -0.478 e. The van der Waals surface area contributed by atoms with Gasteiger partial charge in [-0.05, 0) is 37.5 Å². The lowest BCUT2D eigenvalue weighted by molar-refractivity contribution is 0.216. The van der Waals surface area contributed by atoms with Crippen molar-refractivity contribution < 1.29 is 4.74 Å². The zero-order valence-corrected chi connectivity index (χ0v) is 9.45. The van der Waals surface area contributed by atoms with Crippen LogP contribution in [0.3, 0.4) is 0 Å². The van der Waals surface area contributed by atoms with Gasteiger partial charge in [0, 0.05) is 5.02 Å². The minimum absolute atomic E-state index is 0.220. The molecule has 3 heteroatoms. The first-order chi connectivity index (χ1) is 7.25. The molecule has 0 spiro atoms. The van der Waals surface area contributed by atoms with E-state index in [4.69, 9.17) is 16.3 Å². The molecule has 0 fully saturated rings. The van der Waals surface area contributed by atoms with Gasteiger partial charge >= 0.3 is 0 Å². The zero-order chi connectivity index (χ0) is 10.7. The molecule has 0 aromatic heterocycles. The standard InChI is InChI=1S/C12H14ClNO/c1-9-12(14-8-15-9)7-4-10-2-5-11(13)6-3-10/h2-3,5-6,8-9,12H,4,7H2,1H3. The first kappa shape index (κ1) is 10.5. The van der Waals surface area contributed by atoms with Crippen LogP contribution in [0.4, 0.5) is 0 Å². The van der Waals surface area contributed by atoms with E-state index in [9.17, 15) is 0 Å². The van der Waals surface area contributed by atoms with Crippen LogP contribution in [0.25, 0.3) is 0 Å². The van der Waals surface area contributed by atoms with Crippen LogP contribution in [0.2, 0.25) is 5.02 Å². The van der Waals surface area contributed by atoms with Gasteiger partial charge in [-0.15, -0.1) is 0 Å². The van der Waals surface area contributed by atoms with Crippen molar-refractivity contribution in [3.63, 3.8) is 0 Å². The molecule has 0 N–H and O–H groups in total. The predicted octanol–water partition coefficient (Wildman–Crippen LogP) is 3.09. The topological polar surface area (TPSA) is 21.6 Å². The average Bonchev–Trinajstić information content (AvgIpc) is 2.63. The molecule has 0 aliphatic carbocycles. The second-order valence-electron chi connectivity index (χ2n) is 3.83. The molecule has 0 bridgehead atoms. The van der Waals surface area contributed by atoms with Crippen LogP contribution < -0.4 is 0 Å². The van der Waals surface area contributed by atoms with Crippen molar-refractivity contribution in [2.75, 3.05) is 0 Å². The summed E-state index contributed by atoms with van der Waals surface area (Å²) in [6, 6.07) is 8.28. The molecule has 1 aliphatic rings. The normalized spacial score (nSPS) is 24.1. The fraction of sp³-hybridized carbons (Fsp3) is 0.417. The van der Waals surface area contributed by atoms with Gasteiger partial charge in [-0.1, -0.05) is 23.7 Å². The van der Waals surface area contributed by atoms with Crippen LogP contribution in [-0.2, 0) is 11.2 Å². The van der Waals surface area contributed by atoms with E-state index in [-0.39, 0.29) is 6.10 Å². The molecule has 15 heavy (non-hydrogen) atoms. The number of hydrogen-bond acceptors (Lipinski definition) is 2. The largest absolute Gasteiger partial charge is 0.478 e. The number of aryl methyl sites for hydroxylation is 1. The molecule has 2 rings (SSSR count). The molecular weight excluding hydrogens is 210 g/mol. The Labute approximate surface area is 94.9 Å². The first-order valence-corrected chi connectivity index (χ1v) is 5.55. The minimum atomic E-state index is 0.220. The summed E-state index contributed by atoms with van der Waals surface area (Å²) in [4.78, 5) is 4.28. The highest BCUT2D eigenvalue weighted by Gasteiger charge is 2.20. The van der Waals surface area contributed by atoms with Gasteiger partial charge in [0.05, 0.1) is 6.04 Å². The second kappa shape index (κ2) is 4.67. The summed E-state index contributed by atoms with van der Waals surface area (Å²) in [5.74, 6) is 0. The summed E-state index contributed by atoms with van der Waals surface area (Å²) in [5, 5.41) is 0.786. The monoisotopic (exact) mass is 223 g/mol. The number of halogens is 1. The van der Waals surface area contributed by atoms with Crippen molar-refractivity contribution in [3.05, 3.63) is 34.9 Å². The van der Waals surface area contributed by atoms with Gasteiger partial charge in [0.25, 0.3) is 0 Å². The highest BCUT2D eigenvalue weighted by Crippen LogP contribution is 2.17. The maximum atomic E-state index is 5.82. The number of rotatable bonds is 3. The summed E-state index contributed by atoms with van der Waals surface area (Å²) < 4.78 is 5.26. The molecule has 2 unspecified atom stereocenters.